The van der Waals surface area contributed by atoms with Gasteiger partial charge in [-0.1, -0.05) is 19.1 Å². The van der Waals surface area contributed by atoms with Crippen LogP contribution in [0.5, 0.6) is 5.75 Å². The van der Waals surface area contributed by atoms with Gasteiger partial charge in [0.15, 0.2) is 5.65 Å². The second kappa shape index (κ2) is 8.22. The Morgan fingerprint density at radius 2 is 2.09 bits per heavy atom. The molecule has 0 saturated heterocycles. The highest BCUT2D eigenvalue weighted by atomic mass is 16.5. The molecule has 1 unspecified atom stereocenters. The average molecular weight is 431 g/mol. The van der Waals surface area contributed by atoms with E-state index in [0.29, 0.717) is 40.9 Å². The molecule has 0 aliphatic heterocycles. The van der Waals surface area contributed by atoms with Gasteiger partial charge in [0.2, 0.25) is 5.89 Å². The van der Waals surface area contributed by atoms with Crippen LogP contribution in [0.25, 0.3) is 22.5 Å². The van der Waals surface area contributed by atoms with E-state index in [1.807, 2.05) is 44.2 Å². The van der Waals surface area contributed by atoms with E-state index in [0.717, 1.165) is 36.3 Å². The van der Waals surface area contributed by atoms with Gasteiger partial charge in [0, 0.05) is 5.69 Å². The molecule has 0 spiro atoms. The highest BCUT2D eigenvalue weighted by Crippen LogP contribution is 2.31. The van der Waals surface area contributed by atoms with Crippen LogP contribution in [0.15, 0.2) is 45.9 Å². The fraction of sp³-hybridized carbons (Fsp3) is 0.360. The minimum Gasteiger partial charge on any atom is -0.493 e. The number of oxazole rings is 1. The number of benzene rings is 1. The topological polar surface area (TPSA) is 83.0 Å². The maximum Gasteiger partial charge on any atom is 0.263 e. The number of para-hydroxylation sites is 1. The molecule has 164 valence electrons. The molecule has 7 heteroatoms. The van der Waals surface area contributed by atoms with Crippen molar-refractivity contribution in [1.82, 2.24) is 19.5 Å². The van der Waals surface area contributed by atoms with Crippen LogP contribution >= 0.6 is 0 Å². The molecule has 1 aliphatic rings. The number of aromatic nitrogens is 4. The van der Waals surface area contributed by atoms with Crippen LogP contribution in [-0.4, -0.2) is 26.1 Å². The molecule has 32 heavy (non-hydrogen) atoms. The molecule has 0 fully saturated rings. The van der Waals surface area contributed by atoms with Gasteiger partial charge in [-0.2, -0.15) is 0 Å². The lowest BCUT2D eigenvalue weighted by Gasteiger charge is -2.20. The van der Waals surface area contributed by atoms with E-state index < -0.39 is 0 Å². The number of pyridine rings is 1. The number of hydrogen-bond donors (Lipinski definition) is 0. The minimum atomic E-state index is -0.109. The van der Waals surface area contributed by atoms with Gasteiger partial charge in [0.05, 0.1) is 24.1 Å². The number of ether oxygens (including phenoxy) is 1. The maximum atomic E-state index is 13.2. The molecule has 5 rings (SSSR count). The molecule has 1 aromatic carbocycles. The van der Waals surface area contributed by atoms with Crippen molar-refractivity contribution in [3.05, 3.63) is 69.7 Å². The second-order valence-corrected chi connectivity index (χ2v) is 8.44. The van der Waals surface area contributed by atoms with Crippen LogP contribution in [0.2, 0.25) is 0 Å². The molecule has 1 aliphatic carbocycles. The van der Waals surface area contributed by atoms with Crippen molar-refractivity contribution in [2.45, 2.75) is 46.6 Å². The highest BCUT2D eigenvalue weighted by Gasteiger charge is 2.20. The van der Waals surface area contributed by atoms with Gasteiger partial charge in [-0.15, -0.1) is 0 Å². The molecule has 0 saturated carbocycles. The lowest BCUT2D eigenvalue weighted by atomic mass is 9.87. The monoisotopic (exact) mass is 430 g/mol. The Hall–Kier alpha value is -3.48. The van der Waals surface area contributed by atoms with Crippen molar-refractivity contribution in [3.8, 4) is 17.2 Å². The van der Waals surface area contributed by atoms with Gasteiger partial charge in [-0.25, -0.2) is 15.0 Å². The normalized spacial score (nSPS) is 15.7. The summed E-state index contributed by atoms with van der Waals surface area (Å²) in [5, 5.41) is 0.559. The molecule has 0 bridgehead atoms. The SMILES string of the molecule is CCOc1ccccc1-c1nc(Cn2cnc3nc4c(cc3c2=O)CC(C)CC4)c(C)o1. The van der Waals surface area contributed by atoms with Gasteiger partial charge in [0.25, 0.3) is 5.56 Å². The predicted octanol–water partition coefficient (Wildman–Crippen LogP) is 4.33. The van der Waals surface area contributed by atoms with Gasteiger partial charge in [-0.05, 0) is 62.8 Å². The molecule has 7 nitrogen and oxygen atoms in total. The fourth-order valence-corrected chi connectivity index (χ4v) is 4.31. The first kappa shape index (κ1) is 20.4. The third-order valence-electron chi connectivity index (χ3n) is 6.05. The molecule has 0 N–H and O–H groups in total. The number of rotatable bonds is 5. The molecule has 1 atom stereocenters. The smallest absolute Gasteiger partial charge is 0.263 e. The van der Waals surface area contributed by atoms with Crippen molar-refractivity contribution in [3.63, 3.8) is 0 Å². The van der Waals surface area contributed by atoms with Crippen LogP contribution in [-0.2, 0) is 19.4 Å². The predicted molar refractivity (Wildman–Crippen MR) is 122 cm³/mol. The van der Waals surface area contributed by atoms with E-state index in [4.69, 9.17) is 9.15 Å². The number of aryl methyl sites for hydroxylation is 2. The molecule has 0 radical (unpaired) electrons. The first-order chi connectivity index (χ1) is 15.5. The number of hydrogen-bond acceptors (Lipinski definition) is 6. The summed E-state index contributed by atoms with van der Waals surface area (Å²) >= 11 is 0. The Kier molecular flexibility index (Phi) is 5.25. The van der Waals surface area contributed by atoms with E-state index in [1.54, 1.807) is 10.9 Å². The standard InChI is InChI=1S/C25H26N4O3/c1-4-31-22-8-6-5-7-18(22)24-28-21(16(3)32-24)13-29-14-26-23-19(25(29)30)12-17-11-15(2)9-10-20(17)27-23/h5-8,12,14-15H,4,9-11,13H2,1-3H3. The largest absolute Gasteiger partial charge is 0.493 e. The molecular weight excluding hydrogens is 404 g/mol. The summed E-state index contributed by atoms with van der Waals surface area (Å²) in [5.74, 6) is 2.47. The van der Waals surface area contributed by atoms with Gasteiger partial charge < -0.3 is 9.15 Å². The first-order valence-electron chi connectivity index (χ1n) is 11.1. The zero-order valence-electron chi connectivity index (χ0n) is 18.6. The van der Waals surface area contributed by atoms with Crippen molar-refractivity contribution in [2.75, 3.05) is 6.61 Å². The van der Waals surface area contributed by atoms with Crippen LogP contribution < -0.4 is 10.3 Å². The minimum absolute atomic E-state index is 0.109. The maximum absolute atomic E-state index is 13.2. The van der Waals surface area contributed by atoms with Crippen LogP contribution in [0.3, 0.4) is 0 Å². The molecule has 4 aromatic rings. The van der Waals surface area contributed by atoms with E-state index >= 15 is 0 Å². The third kappa shape index (κ3) is 3.68. The highest BCUT2D eigenvalue weighted by molar-refractivity contribution is 5.74. The fourth-order valence-electron chi connectivity index (χ4n) is 4.31. The summed E-state index contributed by atoms with van der Waals surface area (Å²) < 4.78 is 13.2. The van der Waals surface area contributed by atoms with Gasteiger partial charge in [-0.3, -0.25) is 9.36 Å². The Labute approximate surface area is 186 Å². The molecule has 0 amide bonds. The Morgan fingerprint density at radius 1 is 1.25 bits per heavy atom. The quantitative estimate of drug-likeness (QED) is 0.469. The second-order valence-electron chi connectivity index (χ2n) is 8.44. The van der Waals surface area contributed by atoms with Crippen molar-refractivity contribution in [2.24, 2.45) is 5.92 Å². The van der Waals surface area contributed by atoms with Crippen molar-refractivity contribution in [1.29, 1.82) is 0 Å². The zero-order valence-corrected chi connectivity index (χ0v) is 18.6. The van der Waals surface area contributed by atoms with Gasteiger partial charge in [0.1, 0.15) is 23.5 Å². The molecule has 3 aromatic heterocycles. The van der Waals surface area contributed by atoms with E-state index in [-0.39, 0.29) is 12.1 Å². The van der Waals surface area contributed by atoms with Crippen molar-refractivity contribution >= 4 is 11.0 Å². The summed E-state index contributed by atoms with van der Waals surface area (Å²) in [7, 11) is 0. The molecular formula is C25H26N4O3. The summed E-state index contributed by atoms with van der Waals surface area (Å²) in [6, 6.07) is 9.63. The Balaban J connectivity index is 1.50. The summed E-state index contributed by atoms with van der Waals surface area (Å²) in [6.07, 6.45) is 4.58. The first-order valence-corrected chi connectivity index (χ1v) is 11.1. The number of nitrogens with zero attached hydrogens (tertiary/aromatic N) is 4. The van der Waals surface area contributed by atoms with E-state index in [2.05, 4.69) is 21.9 Å². The lowest BCUT2D eigenvalue weighted by Crippen LogP contribution is -2.23. The Morgan fingerprint density at radius 3 is 2.94 bits per heavy atom. The van der Waals surface area contributed by atoms with Crippen LogP contribution in [0.4, 0.5) is 0 Å². The van der Waals surface area contributed by atoms with Crippen LogP contribution in [0, 0.1) is 12.8 Å². The summed E-state index contributed by atoms with van der Waals surface area (Å²) in [4.78, 5) is 27.0. The van der Waals surface area contributed by atoms with E-state index in [9.17, 15) is 4.79 Å². The third-order valence-corrected chi connectivity index (χ3v) is 6.05. The lowest BCUT2D eigenvalue weighted by molar-refractivity contribution is 0.340. The summed E-state index contributed by atoms with van der Waals surface area (Å²) in [5.41, 5.74) is 4.13. The molecule has 3 heterocycles. The van der Waals surface area contributed by atoms with Crippen molar-refractivity contribution < 1.29 is 9.15 Å². The summed E-state index contributed by atoms with van der Waals surface area (Å²) in [6.45, 7) is 6.87. The van der Waals surface area contributed by atoms with Crippen LogP contribution in [0.1, 0.15) is 43.0 Å². The Bertz CT molecular complexity index is 1360. The average Bonchev–Trinajstić information content (AvgIpc) is 3.15. The zero-order chi connectivity index (χ0) is 22.2. The number of fused-ring (bicyclic) bond motifs is 2. The van der Waals surface area contributed by atoms with E-state index in [1.165, 1.54) is 5.56 Å². The van der Waals surface area contributed by atoms with Gasteiger partial charge >= 0.3 is 0 Å².